The van der Waals surface area contributed by atoms with E-state index in [0.29, 0.717) is 17.0 Å². The van der Waals surface area contributed by atoms with Crippen LogP contribution in [-0.2, 0) is 4.79 Å². The van der Waals surface area contributed by atoms with Crippen molar-refractivity contribution in [1.29, 1.82) is 0 Å². The van der Waals surface area contributed by atoms with Gasteiger partial charge in [-0.3, -0.25) is 9.78 Å². The summed E-state index contributed by atoms with van der Waals surface area (Å²) >= 11 is 0. The molecule has 3 aromatic rings. The lowest BCUT2D eigenvalue weighted by atomic mass is 10.1. The molecule has 3 rings (SSSR count). The van der Waals surface area contributed by atoms with Crippen molar-refractivity contribution >= 4 is 17.0 Å². The number of ether oxygens (including phenoxy) is 1. The lowest BCUT2D eigenvalue weighted by molar-refractivity contribution is -0.139. The highest BCUT2D eigenvalue weighted by Crippen LogP contribution is 2.19. The quantitative estimate of drug-likeness (QED) is 0.783. The van der Waals surface area contributed by atoms with Gasteiger partial charge in [0, 0.05) is 0 Å². The molecule has 0 bridgehead atoms. The Bertz CT molecular complexity index is 790. The van der Waals surface area contributed by atoms with E-state index in [0.717, 1.165) is 5.52 Å². The van der Waals surface area contributed by atoms with Crippen LogP contribution in [0.5, 0.6) is 5.75 Å². The molecule has 1 heterocycles. The van der Waals surface area contributed by atoms with Crippen LogP contribution in [0.3, 0.4) is 0 Å². The maximum atomic E-state index is 11.5. The summed E-state index contributed by atoms with van der Waals surface area (Å²) in [6.07, 6.45) is 1.50. The van der Waals surface area contributed by atoms with Crippen LogP contribution in [-0.4, -0.2) is 27.7 Å². The molecule has 0 amide bonds. The summed E-state index contributed by atoms with van der Waals surface area (Å²) in [5.74, 6) is -1.22. The molecule has 0 aliphatic carbocycles. The Morgan fingerprint density at radius 2 is 1.73 bits per heavy atom. The van der Waals surface area contributed by atoms with E-state index >= 15 is 0 Å². The summed E-state index contributed by atoms with van der Waals surface area (Å²) < 4.78 is 5.55. The van der Waals surface area contributed by atoms with Crippen molar-refractivity contribution in [2.75, 3.05) is 6.61 Å². The second kappa shape index (κ2) is 6.22. The minimum atomic E-state index is -0.986. The van der Waals surface area contributed by atoms with Crippen LogP contribution in [0.25, 0.3) is 11.0 Å². The fourth-order valence-corrected chi connectivity index (χ4v) is 2.12. The first-order chi connectivity index (χ1) is 10.7. The lowest BCUT2D eigenvalue weighted by Gasteiger charge is -2.13. The van der Waals surface area contributed by atoms with Crippen LogP contribution < -0.4 is 4.74 Å². The predicted molar refractivity (Wildman–Crippen MR) is 81.9 cm³/mol. The van der Waals surface area contributed by atoms with Gasteiger partial charge in [-0.1, -0.05) is 30.3 Å². The first-order valence-corrected chi connectivity index (χ1v) is 6.86. The molecule has 1 unspecified atom stereocenters. The van der Waals surface area contributed by atoms with Gasteiger partial charge < -0.3 is 9.84 Å². The third-order valence-electron chi connectivity index (χ3n) is 3.28. The van der Waals surface area contributed by atoms with Crippen LogP contribution in [0.15, 0.2) is 60.8 Å². The van der Waals surface area contributed by atoms with Gasteiger partial charge in [0.25, 0.3) is 0 Å². The molecule has 5 heteroatoms. The highest BCUT2D eigenvalue weighted by molar-refractivity contribution is 5.78. The molecule has 0 saturated carbocycles. The summed E-state index contributed by atoms with van der Waals surface area (Å²) in [6, 6.07) is 16.5. The monoisotopic (exact) mass is 294 g/mol. The number of aliphatic carboxylic acids is 1. The van der Waals surface area contributed by atoms with E-state index in [9.17, 15) is 9.90 Å². The van der Waals surface area contributed by atoms with E-state index in [2.05, 4.69) is 9.97 Å². The molecule has 22 heavy (non-hydrogen) atoms. The van der Waals surface area contributed by atoms with E-state index < -0.39 is 11.9 Å². The zero-order chi connectivity index (χ0) is 15.4. The average Bonchev–Trinajstić information content (AvgIpc) is 2.55. The second-order valence-corrected chi connectivity index (χ2v) is 4.80. The first-order valence-electron chi connectivity index (χ1n) is 6.86. The number of hydrogen-bond acceptors (Lipinski definition) is 4. The van der Waals surface area contributed by atoms with E-state index in [1.807, 2.05) is 42.5 Å². The first kappa shape index (κ1) is 14.0. The SMILES string of the molecule is O=C(O)C(COc1ccccc1)c1cnc2ccccc2n1. The number of carboxylic acid groups (broad SMARTS) is 1. The van der Waals surface area contributed by atoms with Gasteiger partial charge in [0.15, 0.2) is 0 Å². The lowest BCUT2D eigenvalue weighted by Crippen LogP contribution is -2.21. The minimum Gasteiger partial charge on any atom is -0.492 e. The third-order valence-corrected chi connectivity index (χ3v) is 3.28. The number of benzene rings is 2. The van der Waals surface area contributed by atoms with E-state index in [1.165, 1.54) is 6.20 Å². The maximum Gasteiger partial charge on any atom is 0.316 e. The third kappa shape index (κ3) is 3.03. The molecule has 1 N–H and O–H groups in total. The molecule has 1 aromatic heterocycles. The molecule has 0 spiro atoms. The molecule has 5 nitrogen and oxygen atoms in total. The van der Waals surface area contributed by atoms with E-state index in [1.54, 1.807) is 12.1 Å². The molecule has 0 fully saturated rings. The number of carboxylic acids is 1. The number of hydrogen-bond donors (Lipinski definition) is 1. The molecular weight excluding hydrogens is 280 g/mol. The molecule has 1 atom stereocenters. The van der Waals surface area contributed by atoms with Crippen LogP contribution >= 0.6 is 0 Å². The van der Waals surface area contributed by atoms with Gasteiger partial charge >= 0.3 is 5.97 Å². The predicted octanol–water partition coefficient (Wildman–Crippen LogP) is 2.88. The van der Waals surface area contributed by atoms with Crippen molar-refractivity contribution in [1.82, 2.24) is 9.97 Å². The van der Waals surface area contributed by atoms with Crippen LogP contribution in [0, 0.1) is 0 Å². The largest absolute Gasteiger partial charge is 0.492 e. The molecule has 0 saturated heterocycles. The summed E-state index contributed by atoms with van der Waals surface area (Å²) in [7, 11) is 0. The number of aromatic nitrogens is 2. The van der Waals surface area contributed by atoms with Crippen molar-refractivity contribution in [3.63, 3.8) is 0 Å². The molecule has 0 aliphatic heterocycles. The van der Waals surface area contributed by atoms with Gasteiger partial charge in [0.2, 0.25) is 0 Å². The van der Waals surface area contributed by atoms with Gasteiger partial charge in [0.1, 0.15) is 18.3 Å². The Morgan fingerprint density at radius 1 is 1.05 bits per heavy atom. The van der Waals surface area contributed by atoms with Crippen LogP contribution in [0.2, 0.25) is 0 Å². The Balaban J connectivity index is 1.84. The normalized spacial score (nSPS) is 12.0. The van der Waals surface area contributed by atoms with Crippen LogP contribution in [0.1, 0.15) is 11.6 Å². The minimum absolute atomic E-state index is 0.00632. The summed E-state index contributed by atoms with van der Waals surface area (Å²) in [4.78, 5) is 20.2. The van der Waals surface area contributed by atoms with Gasteiger partial charge in [-0.15, -0.1) is 0 Å². The number of para-hydroxylation sites is 3. The number of fused-ring (bicyclic) bond motifs is 1. The highest BCUT2D eigenvalue weighted by Gasteiger charge is 2.23. The Morgan fingerprint density at radius 3 is 2.45 bits per heavy atom. The zero-order valence-electron chi connectivity index (χ0n) is 11.7. The van der Waals surface area contributed by atoms with Gasteiger partial charge in [-0.05, 0) is 24.3 Å². The summed E-state index contributed by atoms with van der Waals surface area (Å²) in [5, 5.41) is 9.43. The van der Waals surface area contributed by atoms with Crippen molar-refractivity contribution in [2.45, 2.75) is 5.92 Å². The Hall–Kier alpha value is -2.95. The average molecular weight is 294 g/mol. The number of carbonyl (C=O) groups is 1. The Labute approximate surface area is 127 Å². The summed E-state index contributed by atoms with van der Waals surface area (Å²) in [6.45, 7) is 0.00632. The number of nitrogens with zero attached hydrogens (tertiary/aromatic N) is 2. The van der Waals surface area contributed by atoms with Crippen LogP contribution in [0.4, 0.5) is 0 Å². The fourth-order valence-electron chi connectivity index (χ4n) is 2.12. The number of rotatable bonds is 5. The standard InChI is InChI=1S/C17H14N2O3/c20-17(21)13(11-22-12-6-2-1-3-7-12)16-10-18-14-8-4-5-9-15(14)19-16/h1-10,13H,11H2,(H,20,21). The smallest absolute Gasteiger partial charge is 0.316 e. The zero-order valence-corrected chi connectivity index (χ0v) is 11.7. The molecule has 2 aromatic carbocycles. The van der Waals surface area contributed by atoms with Gasteiger partial charge in [-0.2, -0.15) is 0 Å². The molecule has 110 valence electrons. The topological polar surface area (TPSA) is 72.3 Å². The van der Waals surface area contributed by atoms with Gasteiger partial charge in [0.05, 0.1) is 22.9 Å². The molecule has 0 aliphatic rings. The van der Waals surface area contributed by atoms with Gasteiger partial charge in [-0.25, -0.2) is 4.98 Å². The second-order valence-electron chi connectivity index (χ2n) is 4.80. The van der Waals surface area contributed by atoms with E-state index in [-0.39, 0.29) is 6.61 Å². The Kier molecular flexibility index (Phi) is 3.96. The van der Waals surface area contributed by atoms with Crippen molar-refractivity contribution in [3.05, 3.63) is 66.5 Å². The molecule has 0 radical (unpaired) electrons. The van der Waals surface area contributed by atoms with Crippen molar-refractivity contribution < 1.29 is 14.6 Å². The van der Waals surface area contributed by atoms with Crippen molar-refractivity contribution in [3.8, 4) is 5.75 Å². The van der Waals surface area contributed by atoms with Crippen molar-refractivity contribution in [2.24, 2.45) is 0 Å². The molecular formula is C17H14N2O3. The highest BCUT2D eigenvalue weighted by atomic mass is 16.5. The van der Waals surface area contributed by atoms with E-state index in [4.69, 9.17) is 4.74 Å². The maximum absolute atomic E-state index is 11.5. The fraction of sp³-hybridized carbons (Fsp3) is 0.118. The summed E-state index contributed by atoms with van der Waals surface area (Å²) in [5.41, 5.74) is 1.80.